The lowest BCUT2D eigenvalue weighted by molar-refractivity contribution is -0.119. The number of benzene rings is 1. The third-order valence-corrected chi connectivity index (χ3v) is 3.04. The summed E-state index contributed by atoms with van der Waals surface area (Å²) in [4.78, 5) is 12.0. The fraction of sp³-hybridized carbons (Fsp3) is 0.533. The van der Waals surface area contributed by atoms with Gasteiger partial charge in [-0.25, -0.2) is 0 Å². The largest absolute Gasteiger partial charge is 0.491 e. The number of para-hydroxylation sites is 2. The van der Waals surface area contributed by atoms with Crippen LogP contribution < -0.4 is 15.4 Å². The SMILES string of the molecule is CCCOc1ccccc1NC(=O)CC1CNCCO1.Cl. The van der Waals surface area contributed by atoms with E-state index in [-0.39, 0.29) is 24.4 Å². The highest BCUT2D eigenvalue weighted by Gasteiger charge is 2.18. The molecule has 0 bridgehead atoms. The van der Waals surface area contributed by atoms with Crippen LogP contribution in [0.5, 0.6) is 5.75 Å². The Balaban J connectivity index is 0.00000220. The van der Waals surface area contributed by atoms with Crippen LogP contribution in [0.1, 0.15) is 19.8 Å². The predicted molar refractivity (Wildman–Crippen MR) is 85.3 cm³/mol. The fourth-order valence-electron chi connectivity index (χ4n) is 2.07. The molecule has 1 unspecified atom stereocenters. The molecule has 5 nitrogen and oxygen atoms in total. The number of ether oxygens (including phenoxy) is 2. The lowest BCUT2D eigenvalue weighted by atomic mass is 10.2. The van der Waals surface area contributed by atoms with Crippen molar-refractivity contribution < 1.29 is 14.3 Å². The maximum absolute atomic E-state index is 12.0. The Bertz CT molecular complexity index is 437. The van der Waals surface area contributed by atoms with E-state index >= 15 is 0 Å². The summed E-state index contributed by atoms with van der Waals surface area (Å²) in [6.07, 6.45) is 1.24. The Kier molecular flexibility index (Phi) is 8.12. The highest BCUT2D eigenvalue weighted by Crippen LogP contribution is 2.24. The monoisotopic (exact) mass is 314 g/mol. The van der Waals surface area contributed by atoms with Crippen molar-refractivity contribution in [1.82, 2.24) is 5.32 Å². The lowest BCUT2D eigenvalue weighted by Gasteiger charge is -2.23. The van der Waals surface area contributed by atoms with E-state index in [1.165, 1.54) is 0 Å². The number of rotatable bonds is 6. The summed E-state index contributed by atoms with van der Waals surface area (Å²) in [5, 5.41) is 6.11. The second kappa shape index (κ2) is 9.60. The summed E-state index contributed by atoms with van der Waals surface area (Å²) in [6.45, 7) is 4.93. The minimum absolute atomic E-state index is 0. The minimum Gasteiger partial charge on any atom is -0.491 e. The zero-order valence-electron chi connectivity index (χ0n) is 12.3. The van der Waals surface area contributed by atoms with E-state index in [1.807, 2.05) is 24.3 Å². The molecule has 1 heterocycles. The molecule has 1 aromatic rings. The van der Waals surface area contributed by atoms with Crippen molar-refractivity contribution in [2.45, 2.75) is 25.9 Å². The molecule has 0 spiro atoms. The van der Waals surface area contributed by atoms with E-state index in [9.17, 15) is 4.79 Å². The molecule has 1 fully saturated rings. The first-order valence-corrected chi connectivity index (χ1v) is 7.13. The third kappa shape index (κ3) is 5.91. The van der Waals surface area contributed by atoms with E-state index in [2.05, 4.69) is 17.6 Å². The number of hydrogen-bond acceptors (Lipinski definition) is 4. The van der Waals surface area contributed by atoms with Gasteiger partial charge in [-0.1, -0.05) is 19.1 Å². The lowest BCUT2D eigenvalue weighted by Crippen LogP contribution is -2.40. The first-order chi connectivity index (χ1) is 9.79. The van der Waals surface area contributed by atoms with Crippen LogP contribution in [0.4, 0.5) is 5.69 Å². The molecule has 0 aliphatic carbocycles. The van der Waals surface area contributed by atoms with Crippen molar-refractivity contribution in [3.63, 3.8) is 0 Å². The number of carbonyl (C=O) groups is 1. The van der Waals surface area contributed by atoms with Crippen LogP contribution in [-0.2, 0) is 9.53 Å². The molecular weight excluding hydrogens is 292 g/mol. The summed E-state index contributed by atoms with van der Waals surface area (Å²) < 4.78 is 11.1. The Morgan fingerprint density at radius 1 is 1.48 bits per heavy atom. The van der Waals surface area contributed by atoms with Crippen LogP contribution in [0.15, 0.2) is 24.3 Å². The minimum atomic E-state index is -0.0498. The number of nitrogens with one attached hydrogen (secondary N) is 2. The maximum Gasteiger partial charge on any atom is 0.227 e. The molecule has 6 heteroatoms. The normalized spacial score (nSPS) is 17.7. The van der Waals surface area contributed by atoms with Gasteiger partial charge in [-0.15, -0.1) is 12.4 Å². The second-order valence-corrected chi connectivity index (χ2v) is 4.79. The number of morpholine rings is 1. The smallest absolute Gasteiger partial charge is 0.227 e. The number of anilines is 1. The molecule has 1 atom stereocenters. The Morgan fingerprint density at radius 3 is 3.00 bits per heavy atom. The van der Waals surface area contributed by atoms with Crippen molar-refractivity contribution in [1.29, 1.82) is 0 Å². The fourth-order valence-corrected chi connectivity index (χ4v) is 2.07. The third-order valence-electron chi connectivity index (χ3n) is 3.04. The molecule has 1 aliphatic heterocycles. The van der Waals surface area contributed by atoms with Gasteiger partial charge in [0.05, 0.1) is 31.4 Å². The summed E-state index contributed by atoms with van der Waals surface area (Å²) in [6, 6.07) is 7.49. The number of hydrogen-bond donors (Lipinski definition) is 2. The van der Waals surface area contributed by atoms with Crippen molar-refractivity contribution in [3.8, 4) is 5.75 Å². The molecule has 0 aromatic heterocycles. The molecule has 1 aliphatic rings. The molecule has 1 aromatic carbocycles. The molecule has 0 radical (unpaired) electrons. The Labute approximate surface area is 131 Å². The first-order valence-electron chi connectivity index (χ1n) is 7.13. The van der Waals surface area contributed by atoms with Crippen LogP contribution in [0.3, 0.4) is 0 Å². The van der Waals surface area contributed by atoms with Crippen molar-refractivity contribution >= 4 is 24.0 Å². The molecule has 2 N–H and O–H groups in total. The first kappa shape index (κ1) is 17.8. The van der Waals surface area contributed by atoms with Crippen LogP contribution in [0.2, 0.25) is 0 Å². The predicted octanol–water partition coefficient (Wildman–Crippen LogP) is 2.21. The quantitative estimate of drug-likeness (QED) is 0.845. The van der Waals surface area contributed by atoms with Gasteiger partial charge in [0.2, 0.25) is 5.91 Å². The Hall–Kier alpha value is -1.30. The molecule has 1 saturated heterocycles. The zero-order valence-corrected chi connectivity index (χ0v) is 13.1. The summed E-state index contributed by atoms with van der Waals surface area (Å²) in [5.41, 5.74) is 0.717. The van der Waals surface area contributed by atoms with Crippen molar-refractivity contribution in [3.05, 3.63) is 24.3 Å². The summed E-state index contributed by atoms with van der Waals surface area (Å²) >= 11 is 0. The molecule has 0 saturated carbocycles. The van der Waals surface area contributed by atoms with Gasteiger partial charge in [-0.05, 0) is 18.6 Å². The number of amides is 1. The molecule has 1 amide bonds. The van der Waals surface area contributed by atoms with Crippen molar-refractivity contribution in [2.24, 2.45) is 0 Å². The zero-order chi connectivity index (χ0) is 14.2. The van der Waals surface area contributed by atoms with Gasteiger partial charge < -0.3 is 20.1 Å². The second-order valence-electron chi connectivity index (χ2n) is 4.79. The summed E-state index contributed by atoms with van der Waals surface area (Å²) in [5.74, 6) is 0.664. The number of halogens is 1. The Morgan fingerprint density at radius 2 is 2.29 bits per heavy atom. The van der Waals surface area contributed by atoms with Crippen molar-refractivity contribution in [2.75, 3.05) is 31.6 Å². The van der Waals surface area contributed by atoms with Gasteiger partial charge in [0.1, 0.15) is 5.75 Å². The van der Waals surface area contributed by atoms with Crippen LogP contribution >= 0.6 is 12.4 Å². The van der Waals surface area contributed by atoms with Crippen LogP contribution in [-0.4, -0.2) is 38.3 Å². The van der Waals surface area contributed by atoms with Gasteiger partial charge in [0.25, 0.3) is 0 Å². The topological polar surface area (TPSA) is 59.6 Å². The number of carbonyl (C=O) groups excluding carboxylic acids is 1. The van der Waals surface area contributed by atoms with E-state index in [0.717, 1.165) is 25.2 Å². The molecule has 118 valence electrons. The maximum atomic E-state index is 12.0. The highest BCUT2D eigenvalue weighted by molar-refractivity contribution is 5.92. The van der Waals surface area contributed by atoms with Crippen LogP contribution in [0, 0.1) is 0 Å². The van der Waals surface area contributed by atoms with Gasteiger partial charge in [0.15, 0.2) is 0 Å². The highest BCUT2D eigenvalue weighted by atomic mass is 35.5. The van der Waals surface area contributed by atoms with Gasteiger partial charge in [0, 0.05) is 13.1 Å². The standard InChI is InChI=1S/C15H22N2O3.ClH/c1-2-8-20-14-6-4-3-5-13(14)17-15(18)10-12-11-16-7-9-19-12;/h3-6,12,16H,2,7-11H2,1H3,(H,17,18);1H. The van der Waals surface area contributed by atoms with E-state index in [1.54, 1.807) is 0 Å². The molecule has 2 rings (SSSR count). The average Bonchev–Trinajstić information content (AvgIpc) is 2.47. The molecular formula is C15H23ClN2O3. The average molecular weight is 315 g/mol. The molecule has 21 heavy (non-hydrogen) atoms. The summed E-state index contributed by atoms with van der Waals surface area (Å²) in [7, 11) is 0. The van der Waals surface area contributed by atoms with Crippen LogP contribution in [0.25, 0.3) is 0 Å². The van der Waals surface area contributed by atoms with E-state index < -0.39 is 0 Å². The van der Waals surface area contributed by atoms with E-state index in [0.29, 0.717) is 25.4 Å². The van der Waals surface area contributed by atoms with Gasteiger partial charge in [-0.2, -0.15) is 0 Å². The van der Waals surface area contributed by atoms with Gasteiger partial charge in [-0.3, -0.25) is 4.79 Å². The van der Waals surface area contributed by atoms with E-state index in [4.69, 9.17) is 9.47 Å². The van der Waals surface area contributed by atoms with Gasteiger partial charge >= 0.3 is 0 Å².